The first-order valence-corrected chi connectivity index (χ1v) is 7.99. The molecule has 3 rings (SSSR count). The van der Waals surface area contributed by atoms with Gasteiger partial charge in [-0.05, 0) is 37.5 Å². The van der Waals surface area contributed by atoms with Crippen molar-refractivity contribution in [3.05, 3.63) is 23.2 Å². The Morgan fingerprint density at radius 1 is 1.45 bits per heavy atom. The lowest BCUT2D eigenvalue weighted by atomic mass is 10.3. The largest absolute Gasteiger partial charge is 0.361 e. The Balaban J connectivity index is 1.45. The van der Waals surface area contributed by atoms with Crippen LogP contribution in [0, 0.1) is 0 Å². The molecular formula is C14H16ClN3OS. The van der Waals surface area contributed by atoms with E-state index >= 15 is 0 Å². The molecule has 0 atom stereocenters. The Labute approximate surface area is 126 Å². The Kier molecular flexibility index (Phi) is 4.08. The summed E-state index contributed by atoms with van der Waals surface area (Å²) in [6.45, 7) is 0.756. The number of benzene rings is 1. The van der Waals surface area contributed by atoms with Crippen molar-refractivity contribution in [3.63, 3.8) is 0 Å². The smallest absolute Gasteiger partial charge is 0.220 e. The zero-order valence-corrected chi connectivity index (χ0v) is 12.6. The molecule has 1 heterocycles. The van der Waals surface area contributed by atoms with Gasteiger partial charge in [-0.3, -0.25) is 4.79 Å². The molecule has 1 saturated carbocycles. The lowest BCUT2D eigenvalue weighted by molar-refractivity contribution is -0.121. The van der Waals surface area contributed by atoms with Gasteiger partial charge < -0.3 is 10.6 Å². The SMILES string of the molecule is O=C(CCCNc1nc2cc(Cl)ccc2s1)NC1CC1. The molecule has 20 heavy (non-hydrogen) atoms. The lowest BCUT2D eigenvalue weighted by Gasteiger charge is -2.03. The fraction of sp³-hybridized carbons (Fsp3) is 0.429. The second-order valence-corrected chi connectivity index (χ2v) is 6.47. The third-order valence-electron chi connectivity index (χ3n) is 3.15. The van der Waals surface area contributed by atoms with Gasteiger partial charge in [0.2, 0.25) is 5.91 Å². The number of hydrogen-bond donors (Lipinski definition) is 2. The number of aromatic nitrogens is 1. The number of nitrogens with zero attached hydrogens (tertiary/aromatic N) is 1. The van der Waals surface area contributed by atoms with Gasteiger partial charge in [0.15, 0.2) is 5.13 Å². The van der Waals surface area contributed by atoms with E-state index in [1.165, 1.54) is 0 Å². The minimum absolute atomic E-state index is 0.158. The number of anilines is 1. The Morgan fingerprint density at radius 2 is 2.30 bits per heavy atom. The van der Waals surface area contributed by atoms with E-state index in [9.17, 15) is 4.79 Å². The minimum atomic E-state index is 0.158. The van der Waals surface area contributed by atoms with Crippen LogP contribution in [-0.4, -0.2) is 23.5 Å². The molecule has 0 saturated heterocycles. The molecule has 1 aliphatic rings. The molecule has 1 amide bonds. The molecule has 0 radical (unpaired) electrons. The normalized spacial score (nSPS) is 14.4. The molecule has 0 unspecified atom stereocenters. The highest BCUT2D eigenvalue weighted by Crippen LogP contribution is 2.27. The zero-order chi connectivity index (χ0) is 13.9. The minimum Gasteiger partial charge on any atom is -0.361 e. The highest BCUT2D eigenvalue weighted by Gasteiger charge is 2.22. The van der Waals surface area contributed by atoms with Crippen LogP contribution in [0.3, 0.4) is 0 Å². The summed E-state index contributed by atoms with van der Waals surface area (Å²) in [6.07, 6.45) is 3.66. The molecule has 6 heteroatoms. The van der Waals surface area contributed by atoms with E-state index in [1.807, 2.05) is 18.2 Å². The van der Waals surface area contributed by atoms with Gasteiger partial charge in [-0.15, -0.1) is 0 Å². The second-order valence-electron chi connectivity index (χ2n) is 5.00. The average Bonchev–Trinajstić information content (AvgIpc) is 3.12. The number of hydrogen-bond acceptors (Lipinski definition) is 4. The zero-order valence-electron chi connectivity index (χ0n) is 11.0. The van der Waals surface area contributed by atoms with Crippen LogP contribution in [0.2, 0.25) is 5.02 Å². The summed E-state index contributed by atoms with van der Waals surface area (Å²) < 4.78 is 1.11. The summed E-state index contributed by atoms with van der Waals surface area (Å²) in [6, 6.07) is 6.16. The van der Waals surface area contributed by atoms with Gasteiger partial charge in [-0.25, -0.2) is 4.98 Å². The van der Waals surface area contributed by atoms with Crippen molar-refractivity contribution in [3.8, 4) is 0 Å². The van der Waals surface area contributed by atoms with Crippen molar-refractivity contribution in [1.29, 1.82) is 0 Å². The number of carbonyl (C=O) groups excluding carboxylic acids is 1. The van der Waals surface area contributed by atoms with Gasteiger partial charge in [-0.1, -0.05) is 22.9 Å². The molecule has 1 aromatic carbocycles. The third-order valence-corrected chi connectivity index (χ3v) is 4.38. The van der Waals surface area contributed by atoms with Crippen LogP contribution >= 0.6 is 22.9 Å². The monoisotopic (exact) mass is 309 g/mol. The standard InChI is InChI=1S/C14H16ClN3OS/c15-9-3-6-12-11(8-9)18-14(20-12)16-7-1-2-13(19)17-10-4-5-10/h3,6,8,10H,1-2,4-5,7H2,(H,16,18)(H,17,19). The van der Waals surface area contributed by atoms with Crippen LogP contribution in [0.5, 0.6) is 0 Å². The fourth-order valence-electron chi connectivity index (χ4n) is 1.95. The van der Waals surface area contributed by atoms with E-state index in [0.29, 0.717) is 17.5 Å². The van der Waals surface area contributed by atoms with Gasteiger partial charge in [-0.2, -0.15) is 0 Å². The number of halogens is 1. The van der Waals surface area contributed by atoms with Crippen molar-refractivity contribution in [1.82, 2.24) is 10.3 Å². The second kappa shape index (κ2) is 5.97. The van der Waals surface area contributed by atoms with Crippen LogP contribution in [-0.2, 0) is 4.79 Å². The molecule has 1 fully saturated rings. The number of carbonyl (C=O) groups is 1. The summed E-state index contributed by atoms with van der Waals surface area (Å²) in [7, 11) is 0. The average molecular weight is 310 g/mol. The summed E-state index contributed by atoms with van der Waals surface area (Å²) in [5.74, 6) is 0.158. The van der Waals surface area contributed by atoms with Crippen molar-refractivity contribution in [2.75, 3.05) is 11.9 Å². The maximum atomic E-state index is 11.5. The maximum Gasteiger partial charge on any atom is 0.220 e. The van der Waals surface area contributed by atoms with Crippen LogP contribution in [0.1, 0.15) is 25.7 Å². The van der Waals surface area contributed by atoms with E-state index < -0.39 is 0 Å². The van der Waals surface area contributed by atoms with Gasteiger partial charge in [0, 0.05) is 24.0 Å². The number of nitrogens with one attached hydrogen (secondary N) is 2. The highest BCUT2D eigenvalue weighted by atomic mass is 35.5. The molecule has 2 aromatic rings. The van der Waals surface area contributed by atoms with Crippen molar-refractivity contribution >= 4 is 44.2 Å². The molecule has 0 bridgehead atoms. The molecule has 0 aliphatic heterocycles. The van der Waals surface area contributed by atoms with Crippen molar-refractivity contribution in [2.24, 2.45) is 0 Å². The summed E-state index contributed by atoms with van der Waals surface area (Å²) in [4.78, 5) is 16.0. The third kappa shape index (κ3) is 3.61. The molecule has 1 aromatic heterocycles. The summed E-state index contributed by atoms with van der Waals surface area (Å²) in [5.41, 5.74) is 0.913. The molecule has 106 valence electrons. The highest BCUT2D eigenvalue weighted by molar-refractivity contribution is 7.22. The van der Waals surface area contributed by atoms with Crippen LogP contribution < -0.4 is 10.6 Å². The topological polar surface area (TPSA) is 54.0 Å². The lowest BCUT2D eigenvalue weighted by Crippen LogP contribution is -2.25. The number of rotatable bonds is 6. The summed E-state index contributed by atoms with van der Waals surface area (Å²) in [5, 5.41) is 7.83. The number of amides is 1. The van der Waals surface area contributed by atoms with Gasteiger partial charge in [0.05, 0.1) is 10.2 Å². The first kappa shape index (κ1) is 13.6. The first-order chi connectivity index (χ1) is 9.70. The van der Waals surface area contributed by atoms with Crippen molar-refractivity contribution < 1.29 is 4.79 Å². The van der Waals surface area contributed by atoms with E-state index in [-0.39, 0.29) is 5.91 Å². The Bertz CT molecular complexity index is 624. The predicted octanol–water partition coefficient (Wildman–Crippen LogP) is 3.42. The molecule has 0 spiro atoms. The quantitative estimate of drug-likeness (QED) is 0.804. The van der Waals surface area contributed by atoms with Gasteiger partial charge in [0.1, 0.15) is 0 Å². The number of thiazole rings is 1. The van der Waals surface area contributed by atoms with E-state index in [0.717, 1.165) is 41.2 Å². The molecular weight excluding hydrogens is 294 g/mol. The van der Waals surface area contributed by atoms with Gasteiger partial charge in [0.25, 0.3) is 0 Å². The van der Waals surface area contributed by atoms with E-state index in [2.05, 4.69) is 15.6 Å². The fourth-order valence-corrected chi connectivity index (χ4v) is 2.99. The predicted molar refractivity (Wildman–Crippen MR) is 83.5 cm³/mol. The van der Waals surface area contributed by atoms with Crippen LogP contribution in [0.25, 0.3) is 10.2 Å². The summed E-state index contributed by atoms with van der Waals surface area (Å²) >= 11 is 7.54. The Hall–Kier alpha value is -1.33. The first-order valence-electron chi connectivity index (χ1n) is 6.80. The molecule has 4 nitrogen and oxygen atoms in total. The Morgan fingerprint density at radius 3 is 3.10 bits per heavy atom. The van der Waals surface area contributed by atoms with Crippen LogP contribution in [0.4, 0.5) is 5.13 Å². The number of fused-ring (bicyclic) bond motifs is 1. The molecule has 2 N–H and O–H groups in total. The van der Waals surface area contributed by atoms with Crippen molar-refractivity contribution in [2.45, 2.75) is 31.7 Å². The molecule has 1 aliphatic carbocycles. The van der Waals surface area contributed by atoms with E-state index in [1.54, 1.807) is 11.3 Å². The maximum absolute atomic E-state index is 11.5. The van der Waals surface area contributed by atoms with E-state index in [4.69, 9.17) is 11.6 Å². The van der Waals surface area contributed by atoms with Gasteiger partial charge >= 0.3 is 0 Å². The van der Waals surface area contributed by atoms with Crippen LogP contribution in [0.15, 0.2) is 18.2 Å².